The lowest BCUT2D eigenvalue weighted by Crippen LogP contribution is -2.33. The fourth-order valence-corrected chi connectivity index (χ4v) is 2.36. The van der Waals surface area contributed by atoms with E-state index in [-0.39, 0.29) is 17.4 Å². The van der Waals surface area contributed by atoms with Crippen LogP contribution in [0.2, 0.25) is 0 Å². The average Bonchev–Trinajstić information content (AvgIpc) is 2.34. The zero-order valence-corrected chi connectivity index (χ0v) is 13.1. The molecule has 1 N–H and O–H groups in total. The van der Waals surface area contributed by atoms with Gasteiger partial charge < -0.3 is 5.32 Å². The van der Waals surface area contributed by atoms with Crippen LogP contribution in [0.25, 0.3) is 0 Å². The molecule has 0 bridgehead atoms. The molecule has 2 atom stereocenters. The SMILES string of the molecule is CC(CNC(=O)c1ccc(S(=O)(=O)Cl)cc1F)S(C)=O. The quantitative estimate of drug-likeness (QED) is 0.817. The Morgan fingerprint density at radius 1 is 1.50 bits per heavy atom. The fourth-order valence-electron chi connectivity index (χ4n) is 1.28. The Balaban J connectivity index is 2.88. The van der Waals surface area contributed by atoms with Gasteiger partial charge in [-0.05, 0) is 25.1 Å². The summed E-state index contributed by atoms with van der Waals surface area (Å²) in [6.07, 6.45) is 1.50. The molecule has 0 heterocycles. The van der Waals surface area contributed by atoms with Gasteiger partial charge in [-0.25, -0.2) is 12.8 Å². The van der Waals surface area contributed by atoms with Crippen LogP contribution in [0.5, 0.6) is 0 Å². The van der Waals surface area contributed by atoms with E-state index in [0.29, 0.717) is 6.07 Å². The standard InChI is InChI=1S/C11H13ClFNO4S2/c1-7(19(2)16)6-14-11(15)9-4-3-8(5-10(9)13)20(12,17)18/h3-5,7H,6H2,1-2H3,(H,14,15). The molecule has 0 radical (unpaired) electrons. The van der Waals surface area contributed by atoms with E-state index in [1.165, 1.54) is 6.26 Å². The van der Waals surface area contributed by atoms with Crippen molar-refractivity contribution in [1.82, 2.24) is 5.32 Å². The molecule has 1 aromatic carbocycles. The van der Waals surface area contributed by atoms with E-state index in [1.807, 2.05) is 0 Å². The maximum atomic E-state index is 13.7. The van der Waals surface area contributed by atoms with Crippen molar-refractivity contribution in [2.45, 2.75) is 17.1 Å². The van der Waals surface area contributed by atoms with Crippen LogP contribution in [0, 0.1) is 5.82 Å². The molecule has 0 aromatic heterocycles. The molecule has 5 nitrogen and oxygen atoms in total. The summed E-state index contributed by atoms with van der Waals surface area (Å²) >= 11 is 0. The van der Waals surface area contributed by atoms with Gasteiger partial charge >= 0.3 is 0 Å². The van der Waals surface area contributed by atoms with Crippen LogP contribution >= 0.6 is 10.7 Å². The average molecular weight is 342 g/mol. The lowest BCUT2D eigenvalue weighted by Gasteiger charge is -2.10. The highest BCUT2D eigenvalue weighted by Gasteiger charge is 2.17. The molecule has 0 aliphatic carbocycles. The monoisotopic (exact) mass is 341 g/mol. The van der Waals surface area contributed by atoms with Crippen molar-refractivity contribution in [2.24, 2.45) is 0 Å². The van der Waals surface area contributed by atoms with Crippen LogP contribution in [0.15, 0.2) is 23.1 Å². The van der Waals surface area contributed by atoms with Crippen molar-refractivity contribution >= 4 is 36.4 Å². The van der Waals surface area contributed by atoms with Crippen LogP contribution in [-0.4, -0.2) is 36.6 Å². The highest BCUT2D eigenvalue weighted by Crippen LogP contribution is 2.18. The lowest BCUT2D eigenvalue weighted by molar-refractivity contribution is 0.0950. The number of amides is 1. The van der Waals surface area contributed by atoms with Crippen LogP contribution in [0.4, 0.5) is 4.39 Å². The zero-order valence-electron chi connectivity index (χ0n) is 10.7. The molecular formula is C11H13ClFNO4S2. The van der Waals surface area contributed by atoms with Crippen molar-refractivity contribution in [3.63, 3.8) is 0 Å². The summed E-state index contributed by atoms with van der Waals surface area (Å²) in [4.78, 5) is 11.3. The van der Waals surface area contributed by atoms with Gasteiger partial charge in [-0.2, -0.15) is 0 Å². The van der Waals surface area contributed by atoms with E-state index in [1.54, 1.807) is 6.92 Å². The minimum Gasteiger partial charge on any atom is -0.351 e. The van der Waals surface area contributed by atoms with E-state index < -0.39 is 36.5 Å². The summed E-state index contributed by atoms with van der Waals surface area (Å²) in [5.41, 5.74) is -0.303. The minimum atomic E-state index is -4.04. The first-order chi connectivity index (χ1) is 9.12. The normalized spacial score (nSPS) is 14.6. The zero-order chi connectivity index (χ0) is 15.5. The van der Waals surface area contributed by atoms with Gasteiger partial charge in [0.05, 0.1) is 10.5 Å². The Hall–Kier alpha value is -0.990. The Morgan fingerprint density at radius 3 is 2.55 bits per heavy atom. The van der Waals surface area contributed by atoms with Crippen molar-refractivity contribution in [3.05, 3.63) is 29.6 Å². The lowest BCUT2D eigenvalue weighted by atomic mass is 10.2. The molecule has 20 heavy (non-hydrogen) atoms. The topological polar surface area (TPSA) is 80.3 Å². The molecule has 0 saturated carbocycles. The summed E-state index contributed by atoms with van der Waals surface area (Å²) in [6, 6.07) is 2.76. The summed E-state index contributed by atoms with van der Waals surface area (Å²) < 4.78 is 46.8. The van der Waals surface area contributed by atoms with Crippen LogP contribution in [0.3, 0.4) is 0 Å². The predicted molar refractivity (Wildman–Crippen MR) is 75.3 cm³/mol. The van der Waals surface area contributed by atoms with Gasteiger partial charge in [0, 0.05) is 39.5 Å². The van der Waals surface area contributed by atoms with E-state index in [0.717, 1.165) is 12.1 Å². The Bertz CT molecular complexity index is 648. The van der Waals surface area contributed by atoms with Gasteiger partial charge in [-0.3, -0.25) is 9.00 Å². The Kier molecular flexibility index (Phi) is 5.67. The minimum absolute atomic E-state index is 0.122. The molecule has 1 amide bonds. The number of benzene rings is 1. The first-order valence-corrected chi connectivity index (χ1v) is 9.40. The van der Waals surface area contributed by atoms with Gasteiger partial charge in [0.1, 0.15) is 5.82 Å². The van der Waals surface area contributed by atoms with Crippen molar-refractivity contribution in [3.8, 4) is 0 Å². The maximum Gasteiger partial charge on any atom is 0.261 e. The number of hydrogen-bond donors (Lipinski definition) is 1. The highest BCUT2D eigenvalue weighted by molar-refractivity contribution is 8.13. The second-order valence-corrected chi connectivity index (χ2v) is 8.47. The number of rotatable bonds is 5. The summed E-state index contributed by atoms with van der Waals surface area (Å²) in [5.74, 6) is -1.70. The molecule has 2 unspecified atom stereocenters. The number of hydrogen-bond acceptors (Lipinski definition) is 4. The highest BCUT2D eigenvalue weighted by atomic mass is 35.7. The number of halogens is 2. The third kappa shape index (κ3) is 4.53. The van der Waals surface area contributed by atoms with E-state index in [9.17, 15) is 21.8 Å². The molecule has 9 heteroatoms. The van der Waals surface area contributed by atoms with Gasteiger partial charge in [0.15, 0.2) is 0 Å². The second kappa shape index (κ2) is 6.64. The first-order valence-electron chi connectivity index (χ1n) is 5.47. The largest absolute Gasteiger partial charge is 0.351 e. The molecule has 0 saturated heterocycles. The van der Waals surface area contributed by atoms with Crippen molar-refractivity contribution in [1.29, 1.82) is 0 Å². The van der Waals surface area contributed by atoms with Crippen LogP contribution in [0.1, 0.15) is 17.3 Å². The molecule has 0 fully saturated rings. The smallest absolute Gasteiger partial charge is 0.261 e. The van der Waals surface area contributed by atoms with E-state index in [2.05, 4.69) is 5.32 Å². The van der Waals surface area contributed by atoms with Gasteiger partial charge in [0.2, 0.25) is 0 Å². The predicted octanol–water partition coefficient (Wildman–Crippen LogP) is 1.25. The Morgan fingerprint density at radius 2 is 2.10 bits per heavy atom. The molecule has 0 aliphatic rings. The molecule has 0 aliphatic heterocycles. The van der Waals surface area contributed by atoms with Crippen LogP contribution < -0.4 is 5.32 Å². The molecule has 1 rings (SSSR count). The van der Waals surface area contributed by atoms with Crippen LogP contribution in [-0.2, 0) is 19.9 Å². The second-order valence-electron chi connectivity index (χ2n) is 4.10. The van der Waals surface area contributed by atoms with Crippen molar-refractivity contribution < 1.29 is 21.8 Å². The number of carbonyl (C=O) groups excluding carboxylic acids is 1. The number of nitrogens with one attached hydrogen (secondary N) is 1. The number of carbonyl (C=O) groups is 1. The third-order valence-electron chi connectivity index (χ3n) is 2.58. The summed E-state index contributed by atoms with van der Waals surface area (Å²) in [7, 11) is -0.0824. The fraction of sp³-hybridized carbons (Fsp3) is 0.364. The summed E-state index contributed by atoms with van der Waals surface area (Å²) in [5, 5.41) is 2.15. The third-order valence-corrected chi connectivity index (χ3v) is 5.23. The molecule has 0 spiro atoms. The van der Waals surface area contributed by atoms with E-state index >= 15 is 0 Å². The van der Waals surface area contributed by atoms with Gasteiger partial charge in [0.25, 0.3) is 15.0 Å². The molecule has 1 aromatic rings. The molecular weight excluding hydrogens is 329 g/mol. The van der Waals surface area contributed by atoms with E-state index in [4.69, 9.17) is 10.7 Å². The summed E-state index contributed by atoms with van der Waals surface area (Å²) in [6.45, 7) is 1.80. The van der Waals surface area contributed by atoms with Crippen molar-refractivity contribution in [2.75, 3.05) is 12.8 Å². The molecule has 112 valence electrons. The maximum absolute atomic E-state index is 13.7. The van der Waals surface area contributed by atoms with Gasteiger partial charge in [-0.1, -0.05) is 0 Å². The van der Waals surface area contributed by atoms with Gasteiger partial charge in [-0.15, -0.1) is 0 Å². The Labute approximate surface area is 123 Å². The first kappa shape index (κ1) is 17.1.